The molecule has 0 radical (unpaired) electrons. The minimum atomic E-state index is -3.56. The van der Waals surface area contributed by atoms with Gasteiger partial charge in [-0.3, -0.25) is 4.79 Å². The molecule has 0 unspecified atom stereocenters. The predicted molar refractivity (Wildman–Crippen MR) is 123 cm³/mol. The van der Waals surface area contributed by atoms with E-state index >= 15 is 0 Å². The van der Waals surface area contributed by atoms with Crippen molar-refractivity contribution in [3.63, 3.8) is 0 Å². The van der Waals surface area contributed by atoms with E-state index in [4.69, 9.17) is 4.18 Å². The highest BCUT2D eigenvalue weighted by molar-refractivity contribution is 7.87. The lowest BCUT2D eigenvalue weighted by molar-refractivity contribution is 0.0690. The molecule has 3 rings (SSSR count). The van der Waals surface area contributed by atoms with Gasteiger partial charge in [0.05, 0.1) is 5.75 Å². The number of hydrogen-bond acceptors (Lipinski definition) is 4. The SMILES string of the molecule is CCS(=O)(=O)Oc1ccc(CN(C(=O)c2ccc(-c3ccccc3)cc2)C(C)C)cc1. The molecule has 6 heteroatoms. The summed E-state index contributed by atoms with van der Waals surface area (Å²) >= 11 is 0. The number of hydrogen-bond donors (Lipinski definition) is 0. The summed E-state index contributed by atoms with van der Waals surface area (Å²) in [6.07, 6.45) is 0. The molecule has 0 spiro atoms. The first-order chi connectivity index (χ1) is 14.8. The summed E-state index contributed by atoms with van der Waals surface area (Å²) in [5.41, 5.74) is 3.69. The number of rotatable bonds is 8. The highest BCUT2D eigenvalue weighted by Crippen LogP contribution is 2.22. The Labute approximate surface area is 184 Å². The number of carbonyl (C=O) groups is 1. The molecule has 5 nitrogen and oxygen atoms in total. The van der Waals surface area contributed by atoms with Crippen molar-refractivity contribution in [2.75, 3.05) is 5.75 Å². The Hall–Kier alpha value is -3.12. The fourth-order valence-corrected chi connectivity index (χ4v) is 3.67. The van der Waals surface area contributed by atoms with Gasteiger partial charge in [-0.2, -0.15) is 8.42 Å². The summed E-state index contributed by atoms with van der Waals surface area (Å²) in [4.78, 5) is 14.9. The van der Waals surface area contributed by atoms with E-state index in [0.29, 0.717) is 12.1 Å². The molecule has 0 saturated carbocycles. The van der Waals surface area contributed by atoms with Crippen molar-refractivity contribution in [2.45, 2.75) is 33.4 Å². The molecule has 0 aliphatic rings. The lowest BCUT2D eigenvalue weighted by atomic mass is 10.0. The van der Waals surface area contributed by atoms with Crippen LogP contribution in [-0.2, 0) is 16.7 Å². The second-order valence-electron chi connectivity index (χ2n) is 7.54. The van der Waals surface area contributed by atoms with Gasteiger partial charge >= 0.3 is 10.1 Å². The Balaban J connectivity index is 1.74. The number of carbonyl (C=O) groups excluding carboxylic acids is 1. The Bertz CT molecular complexity index is 1110. The van der Waals surface area contributed by atoms with E-state index in [1.807, 2.05) is 68.4 Å². The van der Waals surface area contributed by atoms with Crippen molar-refractivity contribution in [3.05, 3.63) is 90.0 Å². The van der Waals surface area contributed by atoms with E-state index in [9.17, 15) is 13.2 Å². The molecule has 0 aliphatic heterocycles. The van der Waals surface area contributed by atoms with Crippen molar-refractivity contribution in [1.29, 1.82) is 0 Å². The maximum absolute atomic E-state index is 13.2. The van der Waals surface area contributed by atoms with Crippen molar-refractivity contribution in [3.8, 4) is 16.9 Å². The van der Waals surface area contributed by atoms with Crippen LogP contribution in [-0.4, -0.2) is 31.0 Å². The summed E-state index contributed by atoms with van der Waals surface area (Å²) in [5.74, 6) is 0.126. The monoisotopic (exact) mass is 437 g/mol. The Morgan fingerprint density at radius 1 is 0.871 bits per heavy atom. The van der Waals surface area contributed by atoms with E-state index in [0.717, 1.165) is 16.7 Å². The minimum absolute atomic E-state index is 0.00213. The minimum Gasteiger partial charge on any atom is -0.382 e. The highest BCUT2D eigenvalue weighted by Gasteiger charge is 2.19. The van der Waals surface area contributed by atoms with Crippen LogP contribution < -0.4 is 4.18 Å². The first kappa shape index (κ1) is 22.6. The third-order valence-corrected chi connectivity index (χ3v) is 6.13. The quantitative estimate of drug-likeness (QED) is 0.458. The van der Waals surface area contributed by atoms with Crippen LogP contribution in [0.3, 0.4) is 0 Å². The largest absolute Gasteiger partial charge is 0.382 e. The molecular formula is C25H27NO4S. The maximum atomic E-state index is 13.2. The molecular weight excluding hydrogens is 410 g/mol. The molecule has 0 aromatic heterocycles. The Kier molecular flexibility index (Phi) is 7.13. The highest BCUT2D eigenvalue weighted by atomic mass is 32.2. The topological polar surface area (TPSA) is 63.7 Å². The van der Waals surface area contributed by atoms with Gasteiger partial charge in [-0.25, -0.2) is 0 Å². The molecule has 0 N–H and O–H groups in total. The number of benzene rings is 3. The molecule has 0 atom stereocenters. The second-order valence-corrected chi connectivity index (χ2v) is 9.40. The first-order valence-corrected chi connectivity index (χ1v) is 11.8. The van der Waals surface area contributed by atoms with Gasteiger partial charge in [0.2, 0.25) is 0 Å². The van der Waals surface area contributed by atoms with Crippen LogP contribution in [0.5, 0.6) is 5.75 Å². The van der Waals surface area contributed by atoms with Crippen LogP contribution in [0.25, 0.3) is 11.1 Å². The van der Waals surface area contributed by atoms with Gasteiger partial charge in [-0.1, -0.05) is 54.6 Å². The third-order valence-electron chi connectivity index (χ3n) is 4.98. The number of nitrogens with zero attached hydrogens (tertiary/aromatic N) is 1. The van der Waals surface area contributed by atoms with Gasteiger partial charge in [0.15, 0.2) is 0 Å². The van der Waals surface area contributed by atoms with Crippen LogP contribution in [0.15, 0.2) is 78.9 Å². The third kappa shape index (κ3) is 5.95. The zero-order chi connectivity index (χ0) is 22.4. The van der Waals surface area contributed by atoms with Crippen LogP contribution in [0.4, 0.5) is 0 Å². The lowest BCUT2D eigenvalue weighted by Gasteiger charge is -2.27. The van der Waals surface area contributed by atoms with E-state index < -0.39 is 10.1 Å². The lowest BCUT2D eigenvalue weighted by Crippen LogP contribution is -2.36. The predicted octanol–water partition coefficient (Wildman–Crippen LogP) is 5.13. The van der Waals surface area contributed by atoms with Crippen molar-refractivity contribution in [1.82, 2.24) is 4.90 Å². The molecule has 1 amide bonds. The zero-order valence-corrected chi connectivity index (χ0v) is 18.8. The number of amides is 1. The van der Waals surface area contributed by atoms with Crippen LogP contribution in [0, 0.1) is 0 Å². The molecule has 31 heavy (non-hydrogen) atoms. The van der Waals surface area contributed by atoms with Crippen molar-refractivity contribution in [2.24, 2.45) is 0 Å². The van der Waals surface area contributed by atoms with E-state index in [2.05, 4.69) is 0 Å². The fraction of sp³-hybridized carbons (Fsp3) is 0.240. The molecule has 0 saturated heterocycles. The van der Waals surface area contributed by atoms with Crippen molar-refractivity contribution >= 4 is 16.0 Å². The fourth-order valence-electron chi connectivity index (χ4n) is 3.14. The average Bonchev–Trinajstić information content (AvgIpc) is 2.78. The molecule has 162 valence electrons. The van der Waals surface area contributed by atoms with Gasteiger partial charge in [-0.05, 0) is 61.7 Å². The second kappa shape index (κ2) is 9.79. The Morgan fingerprint density at radius 2 is 1.45 bits per heavy atom. The van der Waals surface area contributed by atoms with Gasteiger partial charge < -0.3 is 9.08 Å². The Morgan fingerprint density at radius 3 is 2.00 bits per heavy atom. The normalized spacial score (nSPS) is 11.4. The zero-order valence-electron chi connectivity index (χ0n) is 18.0. The molecule has 0 aliphatic carbocycles. The smallest absolute Gasteiger partial charge is 0.308 e. The van der Waals surface area contributed by atoms with Crippen molar-refractivity contribution < 1.29 is 17.4 Å². The van der Waals surface area contributed by atoms with Gasteiger partial charge in [-0.15, -0.1) is 0 Å². The van der Waals surface area contributed by atoms with Crippen LogP contribution >= 0.6 is 0 Å². The van der Waals surface area contributed by atoms with E-state index in [-0.39, 0.29) is 23.5 Å². The molecule has 3 aromatic rings. The summed E-state index contributed by atoms with van der Waals surface area (Å²) in [7, 11) is -3.56. The van der Waals surface area contributed by atoms with E-state index in [1.165, 1.54) is 6.92 Å². The van der Waals surface area contributed by atoms with Gasteiger partial charge in [0.1, 0.15) is 5.75 Å². The summed E-state index contributed by atoms with van der Waals surface area (Å²) in [6, 6.07) is 24.4. The molecule has 0 bridgehead atoms. The first-order valence-electron chi connectivity index (χ1n) is 10.3. The standard InChI is InChI=1S/C25H27NO4S/c1-4-31(28,29)30-24-16-10-20(11-17-24)18-26(19(2)3)25(27)23-14-12-22(13-15-23)21-8-6-5-7-9-21/h5-17,19H,4,18H2,1-3H3. The molecule has 0 heterocycles. The van der Waals surface area contributed by atoms with Crippen LogP contribution in [0.2, 0.25) is 0 Å². The van der Waals surface area contributed by atoms with Gasteiger partial charge in [0, 0.05) is 18.2 Å². The summed E-state index contributed by atoms with van der Waals surface area (Å²) < 4.78 is 28.2. The summed E-state index contributed by atoms with van der Waals surface area (Å²) in [6.45, 7) is 5.89. The average molecular weight is 438 g/mol. The van der Waals surface area contributed by atoms with E-state index in [1.54, 1.807) is 29.2 Å². The van der Waals surface area contributed by atoms with Crippen LogP contribution in [0.1, 0.15) is 36.7 Å². The maximum Gasteiger partial charge on any atom is 0.308 e. The van der Waals surface area contributed by atoms with Gasteiger partial charge in [0.25, 0.3) is 5.91 Å². The molecule has 3 aromatic carbocycles. The molecule has 0 fully saturated rings. The summed E-state index contributed by atoms with van der Waals surface area (Å²) in [5, 5.41) is 0.